The van der Waals surface area contributed by atoms with E-state index < -0.39 is 0 Å². The predicted octanol–water partition coefficient (Wildman–Crippen LogP) is 5.71. The number of nitrogens with zero attached hydrogens (tertiary/aromatic N) is 2. The molecule has 0 radical (unpaired) electrons. The molecule has 0 aliphatic heterocycles. The van der Waals surface area contributed by atoms with Gasteiger partial charge in [0.2, 0.25) is 0 Å². The summed E-state index contributed by atoms with van der Waals surface area (Å²) >= 11 is 0. The number of hydrogen-bond acceptors (Lipinski definition) is 2. The van der Waals surface area contributed by atoms with Crippen LogP contribution in [0.25, 0.3) is 38.8 Å². The Labute approximate surface area is 157 Å². The van der Waals surface area contributed by atoms with Crippen molar-refractivity contribution in [3.63, 3.8) is 0 Å². The third-order valence-electron chi connectivity index (χ3n) is 5.15. The van der Waals surface area contributed by atoms with Crippen LogP contribution in [-0.4, -0.2) is 9.38 Å². The molecule has 0 spiro atoms. The van der Waals surface area contributed by atoms with Gasteiger partial charge in [0.05, 0.1) is 0 Å². The molecule has 27 heavy (non-hydrogen) atoms. The Kier molecular flexibility index (Phi) is 3.47. The van der Waals surface area contributed by atoms with Crippen LogP contribution in [0.3, 0.4) is 0 Å². The van der Waals surface area contributed by atoms with E-state index in [1.54, 1.807) is 0 Å². The molecule has 3 heteroatoms. The first-order valence-electron chi connectivity index (χ1n) is 9.04. The molecular weight excluding hydrogens is 330 g/mol. The molecule has 3 nitrogen and oxygen atoms in total. The van der Waals surface area contributed by atoms with Crippen molar-refractivity contribution in [1.82, 2.24) is 9.38 Å². The van der Waals surface area contributed by atoms with Crippen LogP contribution in [0.4, 0.5) is 5.82 Å². The maximum Gasteiger partial charge on any atom is 0.147 e. The molecule has 2 heterocycles. The molecule has 5 aromatic rings. The summed E-state index contributed by atoms with van der Waals surface area (Å²) in [6.07, 6.45) is 2.00. The molecule has 0 fully saturated rings. The van der Waals surface area contributed by atoms with Crippen LogP contribution in [-0.2, 0) is 0 Å². The fraction of sp³-hybridized carbons (Fsp3) is 0.0417. The number of hydrogen-bond donors (Lipinski definition) is 1. The van der Waals surface area contributed by atoms with E-state index in [1.807, 2.05) is 28.8 Å². The number of pyridine rings is 1. The van der Waals surface area contributed by atoms with Crippen LogP contribution < -0.4 is 5.73 Å². The highest BCUT2D eigenvalue weighted by atomic mass is 15.1. The van der Waals surface area contributed by atoms with Gasteiger partial charge in [-0.1, -0.05) is 66.7 Å². The molecular formula is C24H19N3. The second kappa shape index (κ2) is 5.99. The summed E-state index contributed by atoms with van der Waals surface area (Å²) in [5, 5.41) is 2.26. The van der Waals surface area contributed by atoms with Crippen LogP contribution >= 0.6 is 0 Å². The zero-order valence-corrected chi connectivity index (χ0v) is 15.1. The third-order valence-corrected chi connectivity index (χ3v) is 5.15. The molecule has 0 aliphatic carbocycles. The highest BCUT2D eigenvalue weighted by molar-refractivity contribution is 5.99. The van der Waals surface area contributed by atoms with Crippen molar-refractivity contribution in [2.75, 3.05) is 5.73 Å². The number of anilines is 1. The van der Waals surface area contributed by atoms with Crippen LogP contribution in [0.15, 0.2) is 85.1 Å². The summed E-state index contributed by atoms with van der Waals surface area (Å²) in [5.41, 5.74) is 12.8. The zero-order valence-electron chi connectivity index (χ0n) is 15.1. The van der Waals surface area contributed by atoms with E-state index in [4.69, 9.17) is 10.7 Å². The van der Waals surface area contributed by atoms with E-state index in [0.29, 0.717) is 5.82 Å². The highest BCUT2D eigenvalue weighted by Crippen LogP contribution is 2.33. The molecule has 0 unspecified atom stereocenters. The SMILES string of the molecule is Cc1ccccc1-c1nc2c3cc(-c4ccccc4)ccc3ccn2c1N. The van der Waals surface area contributed by atoms with Gasteiger partial charge in [0.15, 0.2) is 0 Å². The molecule has 0 saturated carbocycles. The zero-order chi connectivity index (χ0) is 18.4. The second-order valence-corrected chi connectivity index (χ2v) is 6.84. The summed E-state index contributed by atoms with van der Waals surface area (Å²) in [5.74, 6) is 0.673. The Morgan fingerprint density at radius 1 is 0.815 bits per heavy atom. The summed E-state index contributed by atoms with van der Waals surface area (Å²) in [6.45, 7) is 2.09. The van der Waals surface area contributed by atoms with Gasteiger partial charge in [-0.3, -0.25) is 4.40 Å². The van der Waals surface area contributed by atoms with Crippen molar-refractivity contribution < 1.29 is 0 Å². The number of rotatable bonds is 2. The Morgan fingerprint density at radius 2 is 1.59 bits per heavy atom. The predicted molar refractivity (Wildman–Crippen MR) is 113 cm³/mol. The lowest BCUT2D eigenvalue weighted by Crippen LogP contribution is -1.95. The largest absolute Gasteiger partial charge is 0.383 e. The molecule has 0 saturated heterocycles. The molecule has 130 valence electrons. The maximum atomic E-state index is 6.48. The number of nitrogen functional groups attached to an aromatic ring is 1. The molecule has 5 rings (SSSR count). The minimum absolute atomic E-state index is 0.673. The van der Waals surface area contributed by atoms with E-state index in [2.05, 4.69) is 67.6 Å². The van der Waals surface area contributed by atoms with E-state index in [-0.39, 0.29) is 0 Å². The normalized spacial score (nSPS) is 11.3. The molecule has 3 aromatic carbocycles. The van der Waals surface area contributed by atoms with E-state index in [1.165, 1.54) is 16.7 Å². The van der Waals surface area contributed by atoms with Crippen molar-refractivity contribution in [3.05, 3.63) is 90.6 Å². The standard InChI is InChI=1S/C24H19N3/c1-16-7-5-6-10-20(16)22-23(25)27-14-13-18-11-12-19(15-21(18)24(27)26-22)17-8-3-2-4-9-17/h2-15H,25H2,1H3. The average Bonchev–Trinajstić information content (AvgIpc) is 3.05. The topological polar surface area (TPSA) is 43.3 Å². The van der Waals surface area contributed by atoms with Gasteiger partial charge in [0, 0.05) is 17.1 Å². The van der Waals surface area contributed by atoms with Crippen molar-refractivity contribution in [2.24, 2.45) is 0 Å². The van der Waals surface area contributed by atoms with Gasteiger partial charge < -0.3 is 5.73 Å². The molecule has 2 N–H and O–H groups in total. The van der Waals surface area contributed by atoms with Crippen LogP contribution in [0.2, 0.25) is 0 Å². The second-order valence-electron chi connectivity index (χ2n) is 6.84. The first-order chi connectivity index (χ1) is 13.2. The highest BCUT2D eigenvalue weighted by Gasteiger charge is 2.15. The van der Waals surface area contributed by atoms with E-state index in [0.717, 1.165) is 27.7 Å². The number of aromatic nitrogens is 2. The van der Waals surface area contributed by atoms with Crippen LogP contribution in [0, 0.1) is 6.92 Å². The molecule has 0 aliphatic rings. The van der Waals surface area contributed by atoms with Crippen molar-refractivity contribution in [1.29, 1.82) is 0 Å². The molecule has 2 aromatic heterocycles. The van der Waals surface area contributed by atoms with Crippen molar-refractivity contribution in [2.45, 2.75) is 6.92 Å². The monoisotopic (exact) mass is 349 g/mol. The third kappa shape index (κ3) is 2.48. The van der Waals surface area contributed by atoms with Gasteiger partial charge in [-0.2, -0.15) is 0 Å². The first-order valence-corrected chi connectivity index (χ1v) is 9.04. The molecule has 0 bridgehead atoms. The summed E-state index contributed by atoms with van der Waals surface area (Å²) < 4.78 is 1.98. The molecule has 0 atom stereocenters. The lowest BCUT2D eigenvalue weighted by molar-refractivity contribution is 1.21. The van der Waals surface area contributed by atoms with Crippen molar-refractivity contribution in [3.8, 4) is 22.4 Å². The van der Waals surface area contributed by atoms with Gasteiger partial charge >= 0.3 is 0 Å². The number of aryl methyl sites for hydroxylation is 1. The van der Waals surface area contributed by atoms with Gasteiger partial charge in [-0.25, -0.2) is 4.98 Å². The maximum absolute atomic E-state index is 6.48. The summed E-state index contributed by atoms with van der Waals surface area (Å²) in [6, 6.07) is 27.2. The Balaban J connectivity index is 1.79. The number of fused-ring (bicyclic) bond motifs is 3. The van der Waals surface area contributed by atoms with Crippen LogP contribution in [0.1, 0.15) is 5.56 Å². The number of nitrogens with two attached hydrogens (primary N) is 1. The van der Waals surface area contributed by atoms with Gasteiger partial charge in [-0.15, -0.1) is 0 Å². The lowest BCUT2D eigenvalue weighted by Gasteiger charge is -2.06. The number of imidazole rings is 1. The minimum atomic E-state index is 0.673. The van der Waals surface area contributed by atoms with E-state index >= 15 is 0 Å². The average molecular weight is 349 g/mol. The summed E-state index contributed by atoms with van der Waals surface area (Å²) in [4.78, 5) is 4.94. The smallest absolute Gasteiger partial charge is 0.147 e. The molecule has 0 amide bonds. The van der Waals surface area contributed by atoms with E-state index in [9.17, 15) is 0 Å². The van der Waals surface area contributed by atoms with Crippen molar-refractivity contribution >= 4 is 22.2 Å². The minimum Gasteiger partial charge on any atom is -0.383 e. The quantitative estimate of drug-likeness (QED) is 0.443. The van der Waals surface area contributed by atoms with Gasteiger partial charge in [0.25, 0.3) is 0 Å². The number of benzene rings is 3. The Morgan fingerprint density at radius 3 is 2.41 bits per heavy atom. The fourth-order valence-electron chi connectivity index (χ4n) is 3.68. The summed E-state index contributed by atoms with van der Waals surface area (Å²) in [7, 11) is 0. The first kappa shape index (κ1) is 15.6. The Bertz CT molecular complexity index is 1280. The lowest BCUT2D eigenvalue weighted by atomic mass is 10.0. The van der Waals surface area contributed by atoms with Crippen LogP contribution in [0.5, 0.6) is 0 Å². The fourth-order valence-corrected chi connectivity index (χ4v) is 3.68. The van der Waals surface area contributed by atoms with Gasteiger partial charge in [-0.05, 0) is 41.1 Å². The van der Waals surface area contributed by atoms with Gasteiger partial charge in [0.1, 0.15) is 17.2 Å². The Hall–Kier alpha value is -3.59.